The van der Waals surface area contributed by atoms with Gasteiger partial charge in [0.1, 0.15) is 12.1 Å². The van der Waals surface area contributed by atoms with Crippen LogP contribution in [0.25, 0.3) is 0 Å². The molecule has 0 unspecified atom stereocenters. The zero-order chi connectivity index (χ0) is 22.5. The van der Waals surface area contributed by atoms with Gasteiger partial charge in [-0.1, -0.05) is 95.9 Å². The quantitative estimate of drug-likeness (QED) is 0.0849. The molecule has 2 nitrogen and oxygen atoms in total. The number of unbranched alkanes of at least 4 members (excludes halogenated alkanes) is 14. The molecule has 0 aromatic carbocycles. The lowest BCUT2D eigenvalue weighted by Gasteiger charge is -2.23. The Kier molecular flexibility index (Phi) is 18.1. The molecule has 0 aromatic rings. The third kappa shape index (κ3) is 18.5. The molecule has 0 saturated carbocycles. The maximum atomic E-state index is 3.64. The molecule has 0 fully saturated rings. The summed E-state index contributed by atoms with van der Waals surface area (Å²) in [7, 11) is 8.11. The SMILES string of the molecule is C[N+](C)(C=C1C=CC=C[CH+]1)CCNCCCCCCCCCCCCCCCCC[Si]. The van der Waals surface area contributed by atoms with Gasteiger partial charge in [0.15, 0.2) is 6.20 Å². The van der Waals surface area contributed by atoms with Gasteiger partial charge >= 0.3 is 0 Å². The van der Waals surface area contributed by atoms with Gasteiger partial charge in [-0.05, 0) is 13.0 Å². The largest absolute Gasteiger partial charge is 0.311 e. The number of hydrogen-bond acceptors (Lipinski definition) is 1. The van der Waals surface area contributed by atoms with Crippen molar-refractivity contribution < 1.29 is 4.48 Å². The summed E-state index contributed by atoms with van der Waals surface area (Å²) in [5, 5.41) is 3.64. The molecule has 0 saturated heterocycles. The number of rotatable bonds is 21. The molecule has 0 aliphatic heterocycles. The third-order valence-corrected chi connectivity index (χ3v) is 6.55. The van der Waals surface area contributed by atoms with Gasteiger partial charge in [0.2, 0.25) is 0 Å². The van der Waals surface area contributed by atoms with Crippen LogP contribution in [0.3, 0.4) is 0 Å². The highest BCUT2D eigenvalue weighted by Gasteiger charge is 2.17. The van der Waals surface area contributed by atoms with Gasteiger partial charge in [-0.15, -0.1) is 0 Å². The first-order valence-corrected chi connectivity index (χ1v) is 13.9. The molecule has 0 spiro atoms. The Balaban J connectivity index is 1.79. The monoisotopic (exact) mass is 443 g/mol. The number of quaternary nitrogens is 1. The van der Waals surface area contributed by atoms with Crippen LogP contribution >= 0.6 is 0 Å². The molecule has 1 aliphatic rings. The first kappa shape index (κ1) is 28.3. The second-order valence-corrected chi connectivity index (χ2v) is 10.3. The van der Waals surface area contributed by atoms with Crippen LogP contribution in [0, 0.1) is 6.42 Å². The normalized spacial score (nSPS) is 15.0. The number of nitrogens with one attached hydrogen (secondary N) is 1. The summed E-state index contributed by atoms with van der Waals surface area (Å²) in [6.45, 7) is 3.39. The predicted molar refractivity (Wildman–Crippen MR) is 140 cm³/mol. The summed E-state index contributed by atoms with van der Waals surface area (Å²) >= 11 is 0. The lowest BCUT2D eigenvalue weighted by molar-refractivity contribution is -0.837. The molecule has 1 N–H and O–H groups in total. The van der Waals surface area contributed by atoms with Gasteiger partial charge in [-0.2, -0.15) is 0 Å². The smallest absolute Gasteiger partial charge is 0.177 e. The molecule has 175 valence electrons. The third-order valence-electron chi connectivity index (χ3n) is 6.19. The minimum Gasteiger partial charge on any atom is -0.311 e. The fraction of sp³-hybridized carbons (Fsp3) is 0.750. The van der Waals surface area contributed by atoms with Crippen molar-refractivity contribution in [2.75, 3.05) is 33.7 Å². The summed E-state index contributed by atoms with van der Waals surface area (Å²) in [6.07, 6.45) is 34.4. The van der Waals surface area contributed by atoms with Gasteiger partial charge in [-0.25, -0.2) is 0 Å². The molecular formula is C28H51N2Si+2. The van der Waals surface area contributed by atoms with Crippen molar-refractivity contribution in [3.63, 3.8) is 0 Å². The highest BCUT2D eigenvalue weighted by molar-refractivity contribution is 6.08. The Hall–Kier alpha value is -0.773. The van der Waals surface area contributed by atoms with Crippen LogP contribution in [-0.4, -0.2) is 48.5 Å². The first-order chi connectivity index (χ1) is 15.1. The van der Waals surface area contributed by atoms with Gasteiger partial charge in [0.05, 0.1) is 14.1 Å². The zero-order valence-electron chi connectivity index (χ0n) is 20.8. The summed E-state index contributed by atoms with van der Waals surface area (Å²) in [6, 6.07) is 1.17. The van der Waals surface area contributed by atoms with Gasteiger partial charge in [0, 0.05) is 47.5 Å². The lowest BCUT2D eigenvalue weighted by Crippen LogP contribution is -2.40. The molecule has 0 bridgehead atoms. The number of hydrogen-bond donors (Lipinski definition) is 1. The van der Waals surface area contributed by atoms with Crippen LogP contribution in [-0.2, 0) is 0 Å². The Bertz CT molecular complexity index is 493. The maximum absolute atomic E-state index is 3.64. The first-order valence-electron chi connectivity index (χ1n) is 13.2. The standard InChI is InChI=1S/C28H51N2Si/c1-30(2,27-28-21-17-16-18-22-28)25-24-29-23-19-14-12-10-8-6-4-3-5-7-9-11-13-15-20-26-31/h16-18,21-22,27,29H,3-15,19-20,23-26H2,1-2H3/q+2. The van der Waals surface area contributed by atoms with Crippen LogP contribution in [0.1, 0.15) is 96.3 Å². The van der Waals surface area contributed by atoms with Crippen molar-refractivity contribution in [3.8, 4) is 0 Å². The summed E-state index contributed by atoms with van der Waals surface area (Å²) < 4.78 is 0.925. The predicted octanol–water partition coefficient (Wildman–Crippen LogP) is 7.30. The van der Waals surface area contributed by atoms with Crippen LogP contribution in [0.2, 0.25) is 6.04 Å². The topological polar surface area (TPSA) is 12.0 Å². The average molecular weight is 444 g/mol. The Morgan fingerprint density at radius 2 is 1.26 bits per heavy atom. The average Bonchev–Trinajstić information content (AvgIpc) is 2.75. The number of nitrogens with zero attached hydrogens (tertiary/aromatic N) is 1. The molecule has 0 amide bonds. The van der Waals surface area contributed by atoms with E-state index in [1.807, 2.05) is 0 Å². The Labute approximate surface area is 198 Å². The highest BCUT2D eigenvalue weighted by atomic mass is 28.1. The Morgan fingerprint density at radius 1 is 0.742 bits per heavy atom. The lowest BCUT2D eigenvalue weighted by atomic mass is 10.0. The molecule has 0 aromatic heterocycles. The van der Waals surface area contributed by atoms with Crippen molar-refractivity contribution in [1.29, 1.82) is 0 Å². The van der Waals surface area contributed by atoms with E-state index in [2.05, 4.69) is 66.6 Å². The summed E-state index contributed by atoms with van der Waals surface area (Å²) in [4.78, 5) is 0. The molecule has 31 heavy (non-hydrogen) atoms. The zero-order valence-corrected chi connectivity index (χ0v) is 21.8. The van der Waals surface area contributed by atoms with Crippen molar-refractivity contribution in [1.82, 2.24) is 5.32 Å². The van der Waals surface area contributed by atoms with Crippen molar-refractivity contribution in [2.24, 2.45) is 0 Å². The van der Waals surface area contributed by atoms with E-state index < -0.39 is 0 Å². The van der Waals surface area contributed by atoms with Gasteiger partial charge in [-0.3, -0.25) is 4.48 Å². The maximum Gasteiger partial charge on any atom is 0.177 e. The number of likely N-dealkylation sites (N-methyl/N-ethyl adjacent to an activating group) is 1. The van der Waals surface area contributed by atoms with Gasteiger partial charge < -0.3 is 5.32 Å². The van der Waals surface area contributed by atoms with Crippen LogP contribution in [0.4, 0.5) is 0 Å². The van der Waals surface area contributed by atoms with E-state index in [-0.39, 0.29) is 0 Å². The molecule has 0 heterocycles. The van der Waals surface area contributed by atoms with E-state index in [4.69, 9.17) is 0 Å². The van der Waals surface area contributed by atoms with E-state index in [1.54, 1.807) is 0 Å². The number of allylic oxidation sites excluding steroid dienone is 5. The van der Waals surface area contributed by atoms with Crippen LogP contribution in [0.15, 0.2) is 36.1 Å². The molecule has 0 atom stereocenters. The van der Waals surface area contributed by atoms with E-state index in [1.165, 1.54) is 114 Å². The van der Waals surface area contributed by atoms with E-state index in [9.17, 15) is 0 Å². The van der Waals surface area contributed by atoms with E-state index >= 15 is 0 Å². The van der Waals surface area contributed by atoms with Crippen molar-refractivity contribution in [3.05, 3.63) is 42.5 Å². The molecule has 3 radical (unpaired) electrons. The minimum absolute atomic E-state index is 0.925. The fourth-order valence-electron chi connectivity index (χ4n) is 4.17. The van der Waals surface area contributed by atoms with E-state index in [0.29, 0.717) is 0 Å². The molecule has 3 heteroatoms. The molecule has 1 rings (SSSR count). The Morgan fingerprint density at radius 3 is 1.74 bits per heavy atom. The summed E-state index contributed by atoms with van der Waals surface area (Å²) in [5.74, 6) is 0. The second kappa shape index (κ2) is 19.9. The van der Waals surface area contributed by atoms with Crippen molar-refractivity contribution >= 4 is 10.2 Å². The van der Waals surface area contributed by atoms with Crippen LogP contribution in [0.5, 0.6) is 0 Å². The van der Waals surface area contributed by atoms with Gasteiger partial charge in [0.25, 0.3) is 0 Å². The van der Waals surface area contributed by atoms with Crippen LogP contribution < -0.4 is 5.32 Å². The fourth-order valence-corrected chi connectivity index (χ4v) is 4.42. The molecule has 1 aliphatic carbocycles. The molecular weight excluding hydrogens is 392 g/mol. The summed E-state index contributed by atoms with van der Waals surface area (Å²) in [5.41, 5.74) is 1.31. The second-order valence-electron chi connectivity index (χ2n) is 9.85. The van der Waals surface area contributed by atoms with Crippen molar-refractivity contribution in [2.45, 2.75) is 102 Å². The minimum atomic E-state index is 0.925. The highest BCUT2D eigenvalue weighted by Crippen LogP contribution is 2.14. The van der Waals surface area contributed by atoms with E-state index in [0.717, 1.165) is 17.6 Å².